The molecule has 21 heavy (non-hydrogen) atoms. The Morgan fingerprint density at radius 1 is 1.43 bits per heavy atom. The number of pyridine rings is 1. The molecule has 1 aliphatic heterocycles. The molecule has 2 amide bonds. The summed E-state index contributed by atoms with van der Waals surface area (Å²) in [5, 5.41) is 2.86. The summed E-state index contributed by atoms with van der Waals surface area (Å²) < 4.78 is 5.76. The van der Waals surface area contributed by atoms with Gasteiger partial charge in [0.15, 0.2) is 0 Å². The second-order valence-electron chi connectivity index (χ2n) is 5.90. The van der Waals surface area contributed by atoms with Crippen molar-refractivity contribution in [3.8, 4) is 0 Å². The van der Waals surface area contributed by atoms with Crippen LogP contribution in [0.1, 0.15) is 31.1 Å². The van der Waals surface area contributed by atoms with Crippen molar-refractivity contribution in [1.29, 1.82) is 0 Å². The number of halogens is 1. The number of carbonyl (C=O) groups excluding carboxylic acids is 2. The molecular weight excluding hydrogens is 338 g/mol. The van der Waals surface area contributed by atoms with E-state index in [0.717, 1.165) is 0 Å². The zero-order valence-electron chi connectivity index (χ0n) is 12.2. The lowest BCUT2D eigenvalue weighted by molar-refractivity contribution is 0.00532. The SMILES string of the molecule is CC(C)(C)OC(=O)N1CC(NC(=O)c2cccnc2Br)C1. The first-order chi connectivity index (χ1) is 9.76. The third-order valence-electron chi connectivity index (χ3n) is 2.87. The molecule has 7 heteroatoms. The molecule has 6 nitrogen and oxygen atoms in total. The molecule has 0 saturated carbocycles. The zero-order valence-corrected chi connectivity index (χ0v) is 13.8. The van der Waals surface area contributed by atoms with Crippen molar-refractivity contribution in [2.75, 3.05) is 13.1 Å². The first kappa shape index (κ1) is 15.8. The minimum absolute atomic E-state index is 0.0582. The molecule has 1 saturated heterocycles. The molecule has 0 radical (unpaired) electrons. The van der Waals surface area contributed by atoms with E-state index in [0.29, 0.717) is 23.3 Å². The lowest BCUT2D eigenvalue weighted by atomic mass is 10.1. The number of nitrogens with one attached hydrogen (secondary N) is 1. The monoisotopic (exact) mass is 355 g/mol. The summed E-state index contributed by atoms with van der Waals surface area (Å²) in [5.41, 5.74) is -0.0281. The number of carbonyl (C=O) groups is 2. The van der Waals surface area contributed by atoms with E-state index in [1.165, 1.54) is 0 Å². The number of ether oxygens (including phenoxy) is 1. The van der Waals surface area contributed by atoms with E-state index in [9.17, 15) is 9.59 Å². The summed E-state index contributed by atoms with van der Waals surface area (Å²) in [4.78, 5) is 29.4. The van der Waals surface area contributed by atoms with Crippen molar-refractivity contribution >= 4 is 27.9 Å². The van der Waals surface area contributed by atoms with Gasteiger partial charge in [-0.15, -0.1) is 0 Å². The summed E-state index contributed by atoms with van der Waals surface area (Å²) in [7, 11) is 0. The van der Waals surface area contributed by atoms with Gasteiger partial charge in [0.25, 0.3) is 5.91 Å². The molecule has 2 rings (SSSR count). The largest absolute Gasteiger partial charge is 0.444 e. The highest BCUT2D eigenvalue weighted by molar-refractivity contribution is 9.10. The Balaban J connectivity index is 1.82. The van der Waals surface area contributed by atoms with Gasteiger partial charge in [0.1, 0.15) is 10.2 Å². The Morgan fingerprint density at radius 2 is 2.10 bits per heavy atom. The first-order valence-corrected chi connectivity index (χ1v) is 7.45. The Morgan fingerprint density at radius 3 is 2.67 bits per heavy atom. The molecule has 1 fully saturated rings. The van der Waals surface area contributed by atoms with Crippen LogP contribution in [-0.4, -0.2) is 46.6 Å². The van der Waals surface area contributed by atoms with Crippen LogP contribution in [0.2, 0.25) is 0 Å². The van der Waals surface area contributed by atoms with Gasteiger partial charge in [-0.1, -0.05) is 0 Å². The maximum atomic E-state index is 12.1. The van der Waals surface area contributed by atoms with Gasteiger partial charge >= 0.3 is 6.09 Å². The van der Waals surface area contributed by atoms with Crippen LogP contribution in [0.5, 0.6) is 0 Å². The van der Waals surface area contributed by atoms with E-state index in [-0.39, 0.29) is 18.0 Å². The summed E-state index contributed by atoms with van der Waals surface area (Å²) in [6.45, 7) is 6.38. The second-order valence-corrected chi connectivity index (χ2v) is 6.65. The second kappa shape index (κ2) is 6.01. The molecule has 1 aromatic rings. The molecule has 0 spiro atoms. The highest BCUT2D eigenvalue weighted by atomic mass is 79.9. The van der Waals surface area contributed by atoms with Crippen molar-refractivity contribution in [1.82, 2.24) is 15.2 Å². The molecule has 1 aromatic heterocycles. The summed E-state index contributed by atoms with van der Waals surface area (Å²) in [5.74, 6) is -0.205. The van der Waals surface area contributed by atoms with Gasteiger partial charge in [0.05, 0.1) is 11.6 Å². The van der Waals surface area contributed by atoms with Crippen LogP contribution in [0.15, 0.2) is 22.9 Å². The van der Waals surface area contributed by atoms with E-state index in [1.54, 1.807) is 23.2 Å². The van der Waals surface area contributed by atoms with Crippen LogP contribution < -0.4 is 5.32 Å². The van der Waals surface area contributed by atoms with Gasteiger partial charge < -0.3 is 15.0 Å². The van der Waals surface area contributed by atoms with Crippen LogP contribution in [0.25, 0.3) is 0 Å². The molecule has 2 heterocycles. The van der Waals surface area contributed by atoms with Gasteiger partial charge in [0.2, 0.25) is 0 Å². The number of likely N-dealkylation sites (tertiary alicyclic amines) is 1. The molecule has 0 bridgehead atoms. The van der Waals surface area contributed by atoms with E-state index in [4.69, 9.17) is 4.74 Å². The van der Waals surface area contributed by atoms with Crippen molar-refractivity contribution < 1.29 is 14.3 Å². The van der Waals surface area contributed by atoms with Gasteiger partial charge in [-0.25, -0.2) is 9.78 Å². The fourth-order valence-corrected chi connectivity index (χ4v) is 2.29. The molecule has 1 aliphatic rings. The topological polar surface area (TPSA) is 71.5 Å². The maximum absolute atomic E-state index is 12.1. The number of hydrogen-bond acceptors (Lipinski definition) is 4. The maximum Gasteiger partial charge on any atom is 0.410 e. The summed E-state index contributed by atoms with van der Waals surface area (Å²) >= 11 is 3.24. The van der Waals surface area contributed by atoms with Crippen LogP contribution >= 0.6 is 15.9 Å². The lowest BCUT2D eigenvalue weighted by Gasteiger charge is -2.39. The van der Waals surface area contributed by atoms with Crippen molar-refractivity contribution in [3.63, 3.8) is 0 Å². The minimum atomic E-state index is -0.508. The Hall–Kier alpha value is -1.63. The molecule has 0 aliphatic carbocycles. The predicted octanol–water partition coefficient (Wildman–Crippen LogP) is 2.19. The standard InChI is InChI=1S/C14H18BrN3O3/c1-14(2,3)21-13(20)18-7-9(8-18)17-12(19)10-5-4-6-16-11(10)15/h4-6,9H,7-8H2,1-3H3,(H,17,19). The third-order valence-corrected chi connectivity index (χ3v) is 3.50. The highest BCUT2D eigenvalue weighted by Gasteiger charge is 2.34. The van der Waals surface area contributed by atoms with Gasteiger partial charge in [-0.05, 0) is 48.8 Å². The average Bonchev–Trinajstić information content (AvgIpc) is 2.31. The highest BCUT2D eigenvalue weighted by Crippen LogP contribution is 2.17. The Labute approximate surface area is 132 Å². The number of nitrogens with zero attached hydrogens (tertiary/aromatic N) is 2. The summed E-state index contributed by atoms with van der Waals surface area (Å²) in [6, 6.07) is 3.33. The molecule has 0 unspecified atom stereocenters. The minimum Gasteiger partial charge on any atom is -0.444 e. The van der Waals surface area contributed by atoms with Gasteiger partial charge in [-0.2, -0.15) is 0 Å². The number of aromatic nitrogens is 1. The normalized spacial score (nSPS) is 15.3. The van der Waals surface area contributed by atoms with E-state index < -0.39 is 5.60 Å². The number of hydrogen-bond donors (Lipinski definition) is 1. The van der Waals surface area contributed by atoms with Crippen LogP contribution in [0.3, 0.4) is 0 Å². The van der Waals surface area contributed by atoms with Crippen molar-refractivity contribution in [2.24, 2.45) is 0 Å². The Bertz CT molecular complexity index is 551. The smallest absolute Gasteiger partial charge is 0.410 e. The van der Waals surface area contributed by atoms with Crippen LogP contribution in [0.4, 0.5) is 4.79 Å². The van der Waals surface area contributed by atoms with Crippen LogP contribution in [-0.2, 0) is 4.74 Å². The van der Waals surface area contributed by atoms with E-state index in [1.807, 2.05) is 20.8 Å². The van der Waals surface area contributed by atoms with Crippen molar-refractivity contribution in [2.45, 2.75) is 32.4 Å². The number of rotatable bonds is 2. The zero-order chi connectivity index (χ0) is 15.6. The van der Waals surface area contributed by atoms with Gasteiger partial charge in [0, 0.05) is 19.3 Å². The number of amides is 2. The molecule has 114 valence electrons. The van der Waals surface area contributed by atoms with Crippen molar-refractivity contribution in [3.05, 3.63) is 28.5 Å². The van der Waals surface area contributed by atoms with Gasteiger partial charge in [-0.3, -0.25) is 4.79 Å². The van der Waals surface area contributed by atoms with Crippen LogP contribution in [0, 0.1) is 0 Å². The van der Waals surface area contributed by atoms with E-state index in [2.05, 4.69) is 26.2 Å². The first-order valence-electron chi connectivity index (χ1n) is 6.65. The third kappa shape index (κ3) is 4.17. The lowest BCUT2D eigenvalue weighted by Crippen LogP contribution is -2.61. The fraction of sp³-hybridized carbons (Fsp3) is 0.500. The predicted molar refractivity (Wildman–Crippen MR) is 81.0 cm³/mol. The fourth-order valence-electron chi connectivity index (χ4n) is 1.86. The summed E-state index contributed by atoms with van der Waals surface area (Å²) in [6.07, 6.45) is 1.25. The van der Waals surface area contributed by atoms with E-state index >= 15 is 0 Å². The molecule has 1 N–H and O–H groups in total. The molecular formula is C14H18BrN3O3. The quantitative estimate of drug-likeness (QED) is 0.825. The molecule has 0 atom stereocenters. The average molecular weight is 356 g/mol. The molecule has 0 aromatic carbocycles. The Kier molecular flexibility index (Phi) is 4.51.